The minimum Gasteiger partial charge on any atom is -0.488 e. The molecule has 2 aliphatic heterocycles. The lowest BCUT2D eigenvalue weighted by Crippen LogP contribution is -2.56. The molecule has 6 nitrogen and oxygen atoms in total. The van der Waals surface area contributed by atoms with Gasteiger partial charge in [0.1, 0.15) is 17.5 Å². The van der Waals surface area contributed by atoms with Crippen LogP contribution in [-0.2, 0) is 24.0 Å². The van der Waals surface area contributed by atoms with E-state index in [4.69, 9.17) is 19.2 Å². The summed E-state index contributed by atoms with van der Waals surface area (Å²) in [6.45, 7) is 8.04. The van der Waals surface area contributed by atoms with E-state index in [1.54, 1.807) is 6.92 Å². The average Bonchev–Trinajstić information content (AvgIpc) is 3.09. The Kier molecular flexibility index (Phi) is 4.90. The first-order chi connectivity index (χ1) is 11.9. The quantitative estimate of drug-likeness (QED) is 0.465. The van der Waals surface area contributed by atoms with E-state index in [1.807, 2.05) is 6.92 Å². The molecule has 0 spiro atoms. The third-order valence-corrected chi connectivity index (χ3v) is 6.60. The molecule has 0 bridgehead atoms. The van der Waals surface area contributed by atoms with E-state index in [0.29, 0.717) is 18.1 Å². The second-order valence-electron chi connectivity index (χ2n) is 7.61. The molecule has 1 N–H and O–H groups in total. The Morgan fingerprint density at radius 2 is 2.12 bits per heavy atom. The molecule has 1 aliphatic carbocycles. The van der Waals surface area contributed by atoms with Crippen molar-refractivity contribution < 1.29 is 29.1 Å². The zero-order chi connectivity index (χ0) is 18.4. The lowest BCUT2D eigenvalue weighted by molar-refractivity contribution is -0.435. The minimum atomic E-state index is -0.801. The number of ether oxygens (including phenoxy) is 2. The predicted molar refractivity (Wildman–Crippen MR) is 90.2 cm³/mol. The number of hydrogen-bond donors (Lipinski definition) is 1. The molecule has 0 amide bonds. The molecule has 6 heteroatoms. The van der Waals surface area contributed by atoms with Gasteiger partial charge in [0.15, 0.2) is 5.60 Å². The van der Waals surface area contributed by atoms with Crippen molar-refractivity contribution in [3.05, 3.63) is 11.8 Å². The van der Waals surface area contributed by atoms with Crippen LogP contribution in [0.4, 0.5) is 0 Å². The van der Waals surface area contributed by atoms with Crippen LogP contribution < -0.4 is 0 Å². The van der Waals surface area contributed by atoms with Gasteiger partial charge in [-0.1, -0.05) is 27.2 Å². The zero-order valence-corrected chi connectivity index (χ0v) is 15.8. The fourth-order valence-corrected chi connectivity index (χ4v) is 5.41. The second kappa shape index (κ2) is 6.56. The largest absolute Gasteiger partial charge is 0.488 e. The Balaban J connectivity index is 2.12. The summed E-state index contributed by atoms with van der Waals surface area (Å²) in [5.74, 6) is 0.599. The molecule has 7 atom stereocenters. The molecule has 0 aromatic carbocycles. The first kappa shape index (κ1) is 18.7. The molecular formula is C19H30O6. The van der Waals surface area contributed by atoms with Gasteiger partial charge in [-0.15, -0.1) is 0 Å². The summed E-state index contributed by atoms with van der Waals surface area (Å²) in [5, 5.41) is 10.3. The second-order valence-corrected chi connectivity index (χ2v) is 7.61. The highest BCUT2D eigenvalue weighted by Gasteiger charge is 2.73. The third-order valence-electron chi connectivity index (χ3n) is 6.60. The molecule has 7 unspecified atom stereocenters. The van der Waals surface area contributed by atoms with Gasteiger partial charge in [0.2, 0.25) is 0 Å². The molecule has 1 saturated carbocycles. The SMILES string of the molecule is CCC1CC2(CC)OC(=CC(=O)OC)C3(CC)OOC(C(C)O)C1C23. The van der Waals surface area contributed by atoms with Crippen LogP contribution in [0.3, 0.4) is 0 Å². The summed E-state index contributed by atoms with van der Waals surface area (Å²) in [5.41, 5.74) is -1.19. The van der Waals surface area contributed by atoms with Crippen LogP contribution in [0.25, 0.3) is 0 Å². The third kappa shape index (κ3) is 2.53. The summed E-state index contributed by atoms with van der Waals surface area (Å²) < 4.78 is 11.2. The fourth-order valence-electron chi connectivity index (χ4n) is 5.41. The predicted octanol–water partition coefficient (Wildman–Crippen LogP) is 2.74. The maximum Gasteiger partial charge on any atom is 0.333 e. The van der Waals surface area contributed by atoms with Gasteiger partial charge in [-0.25, -0.2) is 14.6 Å². The zero-order valence-electron chi connectivity index (χ0n) is 15.8. The normalized spacial score (nSPS) is 45.1. The maximum atomic E-state index is 11.9. The number of carbonyl (C=O) groups excluding carboxylic acids is 1. The van der Waals surface area contributed by atoms with Gasteiger partial charge in [0.25, 0.3) is 0 Å². The highest BCUT2D eigenvalue weighted by atomic mass is 17.2. The van der Waals surface area contributed by atoms with Gasteiger partial charge < -0.3 is 14.6 Å². The maximum absolute atomic E-state index is 11.9. The van der Waals surface area contributed by atoms with Gasteiger partial charge in [-0.2, -0.15) is 0 Å². The molecule has 2 saturated heterocycles. The number of rotatable bonds is 5. The van der Waals surface area contributed by atoms with E-state index < -0.39 is 23.3 Å². The van der Waals surface area contributed by atoms with Crippen LogP contribution in [0, 0.1) is 17.8 Å². The Morgan fingerprint density at radius 3 is 2.64 bits per heavy atom. The monoisotopic (exact) mass is 354 g/mol. The molecule has 3 rings (SSSR count). The van der Waals surface area contributed by atoms with E-state index in [0.717, 1.165) is 19.3 Å². The Morgan fingerprint density at radius 1 is 1.40 bits per heavy atom. The van der Waals surface area contributed by atoms with Crippen LogP contribution in [0.15, 0.2) is 11.8 Å². The first-order valence-corrected chi connectivity index (χ1v) is 9.40. The van der Waals surface area contributed by atoms with Crippen LogP contribution in [0.2, 0.25) is 0 Å². The van der Waals surface area contributed by atoms with Gasteiger partial charge in [0, 0.05) is 11.8 Å². The van der Waals surface area contributed by atoms with E-state index in [-0.39, 0.29) is 17.9 Å². The van der Waals surface area contributed by atoms with E-state index in [9.17, 15) is 9.90 Å². The molecule has 142 valence electrons. The Hall–Kier alpha value is -1.11. The van der Waals surface area contributed by atoms with E-state index in [2.05, 4.69) is 13.8 Å². The Labute approximate surface area is 149 Å². The first-order valence-electron chi connectivity index (χ1n) is 9.40. The lowest BCUT2D eigenvalue weighted by Gasteiger charge is -2.46. The van der Waals surface area contributed by atoms with Crippen molar-refractivity contribution in [1.29, 1.82) is 0 Å². The van der Waals surface area contributed by atoms with Gasteiger partial charge >= 0.3 is 5.97 Å². The number of methoxy groups -OCH3 is 1. The van der Waals surface area contributed by atoms with Crippen molar-refractivity contribution in [3.8, 4) is 0 Å². The number of aliphatic hydroxyl groups is 1. The molecule has 3 fully saturated rings. The lowest BCUT2D eigenvalue weighted by atomic mass is 9.68. The smallest absolute Gasteiger partial charge is 0.333 e. The summed E-state index contributed by atoms with van der Waals surface area (Å²) >= 11 is 0. The van der Waals surface area contributed by atoms with Gasteiger partial charge in [-0.05, 0) is 32.1 Å². The minimum absolute atomic E-state index is 0.0456. The highest BCUT2D eigenvalue weighted by Crippen LogP contribution is 2.66. The number of hydrogen-bond acceptors (Lipinski definition) is 6. The van der Waals surface area contributed by atoms with Crippen molar-refractivity contribution >= 4 is 5.97 Å². The molecule has 0 aromatic rings. The van der Waals surface area contributed by atoms with Crippen molar-refractivity contribution in [2.45, 2.75) is 76.8 Å². The highest BCUT2D eigenvalue weighted by molar-refractivity contribution is 5.82. The van der Waals surface area contributed by atoms with Crippen LogP contribution in [0.5, 0.6) is 0 Å². The van der Waals surface area contributed by atoms with E-state index >= 15 is 0 Å². The molecule has 0 aromatic heterocycles. The van der Waals surface area contributed by atoms with Crippen LogP contribution in [-0.4, -0.2) is 41.6 Å². The Bertz CT molecular complexity index is 558. The summed E-state index contributed by atoms with van der Waals surface area (Å²) in [7, 11) is 1.35. The summed E-state index contributed by atoms with van der Waals surface area (Å²) in [6.07, 6.45) is 3.70. The number of carbonyl (C=O) groups is 1. The van der Waals surface area contributed by atoms with Crippen LogP contribution >= 0.6 is 0 Å². The fraction of sp³-hybridized carbons (Fsp3) is 0.842. The molecular weight excluding hydrogens is 324 g/mol. The van der Waals surface area contributed by atoms with Crippen LogP contribution in [0.1, 0.15) is 53.4 Å². The van der Waals surface area contributed by atoms with Crippen molar-refractivity contribution in [3.63, 3.8) is 0 Å². The molecule has 3 aliphatic rings. The number of esters is 1. The summed E-state index contributed by atoms with van der Waals surface area (Å²) in [6, 6.07) is 0. The van der Waals surface area contributed by atoms with Gasteiger partial charge in [-0.3, -0.25) is 0 Å². The summed E-state index contributed by atoms with van der Waals surface area (Å²) in [4.78, 5) is 23.5. The molecule has 0 radical (unpaired) electrons. The van der Waals surface area contributed by atoms with Gasteiger partial charge in [0.05, 0.1) is 19.3 Å². The number of aliphatic hydroxyl groups excluding tert-OH is 1. The molecule has 25 heavy (non-hydrogen) atoms. The topological polar surface area (TPSA) is 74.2 Å². The van der Waals surface area contributed by atoms with Crippen molar-refractivity contribution in [1.82, 2.24) is 0 Å². The standard InChI is InChI=1S/C19H30O6/c1-6-12-10-18(7-2)17-15(12)16(11(4)20)24-25-19(17,8-3)13(23-18)9-14(21)22-5/h9,11-12,15-17,20H,6-8,10H2,1-5H3. The average molecular weight is 354 g/mol. The molecule has 2 heterocycles. The van der Waals surface area contributed by atoms with Crippen molar-refractivity contribution in [2.24, 2.45) is 17.8 Å². The van der Waals surface area contributed by atoms with Crippen molar-refractivity contribution in [2.75, 3.05) is 7.11 Å². The van der Waals surface area contributed by atoms with E-state index in [1.165, 1.54) is 13.2 Å².